The molecule has 1 heterocycles. The number of rotatable bonds is 2. The average molecular weight is 243 g/mol. The SMILES string of the molecule is CN1CCCOP1(=S)Oc1ccccc1. The van der Waals surface area contributed by atoms with Crippen molar-refractivity contribution in [3.8, 4) is 5.75 Å². The zero-order valence-corrected chi connectivity index (χ0v) is 10.3. The third-order valence-electron chi connectivity index (χ3n) is 2.26. The summed E-state index contributed by atoms with van der Waals surface area (Å²) in [4.78, 5) is 0. The summed E-state index contributed by atoms with van der Waals surface area (Å²) in [6.45, 7) is -0.608. The largest absolute Gasteiger partial charge is 0.433 e. The Morgan fingerprint density at radius 2 is 2.13 bits per heavy atom. The Morgan fingerprint density at radius 1 is 1.40 bits per heavy atom. The summed E-state index contributed by atoms with van der Waals surface area (Å²) < 4.78 is 13.4. The van der Waals surface area contributed by atoms with Crippen molar-refractivity contribution in [1.29, 1.82) is 0 Å². The highest BCUT2D eigenvalue weighted by atomic mass is 32.5. The summed E-state index contributed by atoms with van der Waals surface area (Å²) in [5.41, 5.74) is 0. The maximum absolute atomic E-state index is 5.78. The first-order chi connectivity index (χ1) is 7.21. The molecule has 0 amide bonds. The highest BCUT2D eigenvalue weighted by Crippen LogP contribution is 2.53. The second-order valence-electron chi connectivity index (χ2n) is 3.44. The molecule has 2 rings (SSSR count). The van der Waals surface area contributed by atoms with E-state index in [1.807, 2.05) is 42.0 Å². The van der Waals surface area contributed by atoms with Gasteiger partial charge in [0.05, 0.1) is 6.61 Å². The predicted octanol–water partition coefficient (Wildman–Crippen LogP) is 2.64. The van der Waals surface area contributed by atoms with Gasteiger partial charge in [-0.05, 0) is 37.4 Å². The molecule has 1 aliphatic rings. The highest BCUT2D eigenvalue weighted by Gasteiger charge is 2.29. The molecule has 1 unspecified atom stereocenters. The van der Waals surface area contributed by atoms with Crippen LogP contribution in [0.25, 0.3) is 0 Å². The molecular weight excluding hydrogens is 229 g/mol. The van der Waals surface area contributed by atoms with E-state index >= 15 is 0 Å². The van der Waals surface area contributed by atoms with Gasteiger partial charge in [-0.15, -0.1) is 0 Å². The number of hydrogen-bond donors (Lipinski definition) is 0. The van der Waals surface area contributed by atoms with Crippen LogP contribution >= 0.6 is 6.64 Å². The Balaban J connectivity index is 2.13. The standard InChI is InChI=1S/C10H14NO2PS/c1-11-8-5-9-12-14(11,15)13-10-6-3-2-4-7-10/h2-4,6-7H,5,8-9H2,1H3. The molecule has 3 nitrogen and oxygen atoms in total. The lowest BCUT2D eigenvalue weighted by atomic mass is 10.3. The molecule has 0 radical (unpaired) electrons. The highest BCUT2D eigenvalue weighted by molar-refractivity contribution is 8.08. The van der Waals surface area contributed by atoms with Crippen LogP contribution in [-0.2, 0) is 16.3 Å². The van der Waals surface area contributed by atoms with Gasteiger partial charge in [0.25, 0.3) is 0 Å². The van der Waals surface area contributed by atoms with Gasteiger partial charge in [-0.3, -0.25) is 0 Å². The molecule has 82 valence electrons. The molecule has 0 aromatic heterocycles. The molecule has 15 heavy (non-hydrogen) atoms. The maximum atomic E-state index is 5.78. The van der Waals surface area contributed by atoms with Crippen molar-refractivity contribution in [3.05, 3.63) is 30.3 Å². The molecular formula is C10H14NO2PS. The summed E-state index contributed by atoms with van der Waals surface area (Å²) in [6.07, 6.45) is 1.02. The lowest BCUT2D eigenvalue weighted by molar-refractivity contribution is 0.220. The molecule has 1 fully saturated rings. The molecule has 1 aromatic rings. The Kier molecular flexibility index (Phi) is 3.42. The molecule has 5 heteroatoms. The zero-order valence-electron chi connectivity index (χ0n) is 8.63. The summed E-state index contributed by atoms with van der Waals surface area (Å²) in [5, 5.41) is 0. The summed E-state index contributed by atoms with van der Waals surface area (Å²) in [5.74, 6) is 0.787. The minimum absolute atomic E-state index is 0.703. The van der Waals surface area contributed by atoms with E-state index in [0.717, 1.165) is 18.7 Å². The van der Waals surface area contributed by atoms with Crippen LogP contribution in [0, 0.1) is 0 Å². The summed E-state index contributed by atoms with van der Waals surface area (Å²) in [6, 6.07) is 9.62. The van der Waals surface area contributed by atoms with Gasteiger partial charge in [0.1, 0.15) is 5.75 Å². The molecule has 1 aliphatic heterocycles. The van der Waals surface area contributed by atoms with Crippen molar-refractivity contribution in [2.75, 3.05) is 20.2 Å². The third-order valence-corrected chi connectivity index (χ3v) is 5.63. The number of para-hydroxylation sites is 1. The lowest BCUT2D eigenvalue weighted by Crippen LogP contribution is -2.26. The van der Waals surface area contributed by atoms with Crippen LogP contribution < -0.4 is 4.52 Å². The average Bonchev–Trinajstić information content (AvgIpc) is 2.24. The lowest BCUT2D eigenvalue weighted by Gasteiger charge is -2.34. The van der Waals surface area contributed by atoms with Crippen molar-refractivity contribution < 1.29 is 9.05 Å². The monoisotopic (exact) mass is 243 g/mol. The Hall–Kier alpha value is -0.410. The van der Waals surface area contributed by atoms with E-state index in [-0.39, 0.29) is 0 Å². The molecule has 0 spiro atoms. The fourth-order valence-corrected chi connectivity index (χ4v) is 3.66. The van der Waals surface area contributed by atoms with E-state index in [1.54, 1.807) is 0 Å². The smallest absolute Gasteiger partial charge is 0.315 e. The van der Waals surface area contributed by atoms with Gasteiger partial charge in [-0.2, -0.15) is 0 Å². The van der Waals surface area contributed by atoms with Gasteiger partial charge in [0, 0.05) is 6.54 Å². The van der Waals surface area contributed by atoms with E-state index in [0.29, 0.717) is 6.61 Å². The fourth-order valence-electron chi connectivity index (χ4n) is 1.40. The summed E-state index contributed by atoms with van der Waals surface area (Å²) >= 11 is 5.45. The molecule has 0 bridgehead atoms. The van der Waals surface area contributed by atoms with Crippen LogP contribution in [0.2, 0.25) is 0 Å². The number of nitrogens with zero attached hydrogens (tertiary/aromatic N) is 1. The van der Waals surface area contributed by atoms with E-state index in [2.05, 4.69) is 0 Å². The van der Waals surface area contributed by atoms with Gasteiger partial charge in [0.15, 0.2) is 0 Å². The van der Waals surface area contributed by atoms with Crippen LogP contribution in [0.3, 0.4) is 0 Å². The van der Waals surface area contributed by atoms with Crippen LogP contribution in [-0.4, -0.2) is 24.9 Å². The van der Waals surface area contributed by atoms with Crippen molar-refractivity contribution in [3.63, 3.8) is 0 Å². The molecule has 1 atom stereocenters. The van der Waals surface area contributed by atoms with E-state index in [1.165, 1.54) is 0 Å². The van der Waals surface area contributed by atoms with Crippen molar-refractivity contribution in [2.45, 2.75) is 6.42 Å². The minimum Gasteiger partial charge on any atom is -0.433 e. The van der Waals surface area contributed by atoms with Gasteiger partial charge in [-0.1, -0.05) is 18.2 Å². The predicted molar refractivity (Wildman–Crippen MR) is 64.6 cm³/mol. The van der Waals surface area contributed by atoms with E-state index in [4.69, 9.17) is 20.9 Å². The first-order valence-corrected chi connectivity index (χ1v) is 7.51. The second kappa shape index (κ2) is 4.62. The molecule has 1 aromatic carbocycles. The van der Waals surface area contributed by atoms with Crippen LogP contribution in [0.4, 0.5) is 0 Å². The molecule has 0 N–H and O–H groups in total. The van der Waals surface area contributed by atoms with Crippen molar-refractivity contribution in [1.82, 2.24) is 4.67 Å². The topological polar surface area (TPSA) is 21.7 Å². The minimum atomic E-state index is -2.26. The Morgan fingerprint density at radius 3 is 2.80 bits per heavy atom. The first-order valence-electron chi connectivity index (χ1n) is 4.91. The maximum Gasteiger partial charge on any atom is 0.315 e. The van der Waals surface area contributed by atoms with Crippen LogP contribution in [0.1, 0.15) is 6.42 Å². The van der Waals surface area contributed by atoms with Gasteiger partial charge in [-0.25, -0.2) is 4.67 Å². The summed E-state index contributed by atoms with van der Waals surface area (Å²) in [7, 11) is 1.96. The molecule has 1 saturated heterocycles. The zero-order chi connectivity index (χ0) is 10.7. The number of hydrogen-bond acceptors (Lipinski definition) is 3. The first kappa shape index (κ1) is 11.1. The quantitative estimate of drug-likeness (QED) is 0.744. The Bertz CT molecular complexity index is 371. The fraction of sp³-hybridized carbons (Fsp3) is 0.400. The van der Waals surface area contributed by atoms with E-state index < -0.39 is 6.64 Å². The van der Waals surface area contributed by atoms with Crippen LogP contribution in [0.15, 0.2) is 30.3 Å². The third kappa shape index (κ3) is 2.58. The second-order valence-corrected chi connectivity index (χ2v) is 6.89. The number of benzene rings is 1. The van der Waals surface area contributed by atoms with E-state index in [9.17, 15) is 0 Å². The van der Waals surface area contributed by atoms with Gasteiger partial charge < -0.3 is 9.05 Å². The molecule has 0 saturated carbocycles. The Labute approximate surface area is 95.2 Å². The van der Waals surface area contributed by atoms with Crippen molar-refractivity contribution >= 4 is 18.4 Å². The molecule has 0 aliphatic carbocycles. The van der Waals surface area contributed by atoms with Crippen LogP contribution in [0.5, 0.6) is 5.75 Å². The normalized spacial score (nSPS) is 27.5. The van der Waals surface area contributed by atoms with Gasteiger partial charge >= 0.3 is 6.64 Å². The van der Waals surface area contributed by atoms with Crippen molar-refractivity contribution in [2.24, 2.45) is 0 Å². The van der Waals surface area contributed by atoms with Gasteiger partial charge in [0.2, 0.25) is 0 Å².